The number of hydrogen-bond donors (Lipinski definition) is 1. The molecule has 5 heteroatoms. The maximum atomic E-state index is 10.7. The number of primary amides is 1. The standard InChI is InChI=1S/C7H5ClINO.ClH/c8-6-2-1-4(9)3-5(6)7(10)11;/h1-3H,(H2,10,11);1H. The summed E-state index contributed by atoms with van der Waals surface area (Å²) in [6.07, 6.45) is 0. The number of nitrogens with two attached hydrogens (primary N) is 1. The van der Waals surface area contributed by atoms with E-state index in [4.69, 9.17) is 17.3 Å². The Hall–Kier alpha value is -0.0000000000000000555. The molecule has 2 nitrogen and oxygen atoms in total. The first-order chi connectivity index (χ1) is 5.11. The fraction of sp³-hybridized carbons (Fsp3) is 0. The summed E-state index contributed by atoms with van der Waals surface area (Å²) in [5, 5.41) is 0.401. The third kappa shape index (κ3) is 2.80. The summed E-state index contributed by atoms with van der Waals surface area (Å²) < 4.78 is 0.945. The van der Waals surface area contributed by atoms with Gasteiger partial charge in [-0.3, -0.25) is 4.79 Å². The number of rotatable bonds is 1. The van der Waals surface area contributed by atoms with Gasteiger partial charge in [-0.15, -0.1) is 12.4 Å². The molecule has 0 heterocycles. The Morgan fingerprint density at radius 2 is 2.08 bits per heavy atom. The predicted molar refractivity (Wildman–Crippen MR) is 59.9 cm³/mol. The van der Waals surface area contributed by atoms with Gasteiger partial charge in [-0.05, 0) is 40.8 Å². The first-order valence-electron chi connectivity index (χ1n) is 2.86. The van der Waals surface area contributed by atoms with Gasteiger partial charge >= 0.3 is 0 Å². The van der Waals surface area contributed by atoms with Crippen LogP contribution in [0.4, 0.5) is 0 Å². The largest absolute Gasteiger partial charge is 0.366 e. The van der Waals surface area contributed by atoms with Gasteiger partial charge in [0.15, 0.2) is 0 Å². The number of halogens is 3. The summed E-state index contributed by atoms with van der Waals surface area (Å²) in [6.45, 7) is 0. The third-order valence-corrected chi connectivity index (χ3v) is 2.19. The molecule has 0 bridgehead atoms. The smallest absolute Gasteiger partial charge is 0.250 e. The van der Waals surface area contributed by atoms with Crippen molar-refractivity contribution in [2.45, 2.75) is 0 Å². The van der Waals surface area contributed by atoms with Crippen molar-refractivity contribution in [1.29, 1.82) is 0 Å². The Balaban J connectivity index is 0.00000121. The second-order valence-electron chi connectivity index (χ2n) is 1.99. The van der Waals surface area contributed by atoms with Crippen LogP contribution in [0.15, 0.2) is 18.2 Å². The van der Waals surface area contributed by atoms with Crippen LogP contribution >= 0.6 is 46.6 Å². The molecule has 1 rings (SSSR count). The molecule has 0 aliphatic heterocycles. The molecule has 0 unspecified atom stereocenters. The normalized spacial score (nSPS) is 8.83. The third-order valence-electron chi connectivity index (χ3n) is 1.19. The van der Waals surface area contributed by atoms with Crippen molar-refractivity contribution in [1.82, 2.24) is 0 Å². The van der Waals surface area contributed by atoms with E-state index >= 15 is 0 Å². The molecular weight excluding hydrogens is 312 g/mol. The SMILES string of the molecule is Cl.NC(=O)c1cc(I)ccc1Cl. The zero-order chi connectivity index (χ0) is 8.43. The number of carbonyl (C=O) groups is 1. The van der Waals surface area contributed by atoms with E-state index in [-0.39, 0.29) is 12.4 Å². The highest BCUT2D eigenvalue weighted by Crippen LogP contribution is 2.17. The Bertz CT molecular complexity index is 303. The highest BCUT2D eigenvalue weighted by atomic mass is 127. The second kappa shape index (κ2) is 4.89. The topological polar surface area (TPSA) is 43.1 Å². The lowest BCUT2D eigenvalue weighted by Crippen LogP contribution is -2.11. The summed E-state index contributed by atoms with van der Waals surface area (Å²) >= 11 is 7.78. The molecular formula is C7H6Cl2INO. The molecule has 1 aromatic rings. The van der Waals surface area contributed by atoms with Crippen LogP contribution in [0.2, 0.25) is 5.02 Å². The van der Waals surface area contributed by atoms with E-state index < -0.39 is 5.91 Å². The van der Waals surface area contributed by atoms with Crippen molar-refractivity contribution < 1.29 is 4.79 Å². The Labute approximate surface area is 95.0 Å². The molecule has 0 aromatic heterocycles. The summed E-state index contributed by atoms with van der Waals surface area (Å²) in [5.74, 6) is -0.492. The fourth-order valence-corrected chi connectivity index (χ4v) is 1.39. The van der Waals surface area contributed by atoms with Crippen LogP contribution in [0.5, 0.6) is 0 Å². The highest BCUT2D eigenvalue weighted by Gasteiger charge is 2.05. The van der Waals surface area contributed by atoms with E-state index in [1.54, 1.807) is 12.1 Å². The summed E-state index contributed by atoms with van der Waals surface area (Å²) in [4.78, 5) is 10.7. The quantitative estimate of drug-likeness (QED) is 0.794. The van der Waals surface area contributed by atoms with E-state index in [0.29, 0.717) is 10.6 Å². The lowest BCUT2D eigenvalue weighted by molar-refractivity contribution is 0.100. The monoisotopic (exact) mass is 317 g/mol. The minimum atomic E-state index is -0.492. The van der Waals surface area contributed by atoms with E-state index in [9.17, 15) is 4.79 Å². The molecule has 0 saturated heterocycles. The van der Waals surface area contributed by atoms with Crippen LogP contribution in [0, 0.1) is 3.57 Å². The second-order valence-corrected chi connectivity index (χ2v) is 3.64. The zero-order valence-electron chi connectivity index (χ0n) is 5.88. The number of benzene rings is 1. The minimum absolute atomic E-state index is 0. The van der Waals surface area contributed by atoms with Gasteiger partial charge in [0.25, 0.3) is 0 Å². The van der Waals surface area contributed by atoms with Crippen LogP contribution in [-0.2, 0) is 0 Å². The van der Waals surface area contributed by atoms with Crippen molar-refractivity contribution in [3.63, 3.8) is 0 Å². The van der Waals surface area contributed by atoms with Gasteiger partial charge in [0.2, 0.25) is 5.91 Å². The molecule has 1 aromatic carbocycles. The molecule has 66 valence electrons. The highest BCUT2D eigenvalue weighted by molar-refractivity contribution is 14.1. The molecule has 0 fully saturated rings. The lowest BCUT2D eigenvalue weighted by atomic mass is 10.2. The summed E-state index contributed by atoms with van der Waals surface area (Å²) in [5.41, 5.74) is 5.43. The van der Waals surface area contributed by atoms with Gasteiger partial charge in [-0.1, -0.05) is 11.6 Å². The van der Waals surface area contributed by atoms with Crippen LogP contribution in [0.1, 0.15) is 10.4 Å². The maximum Gasteiger partial charge on any atom is 0.250 e. The van der Waals surface area contributed by atoms with Crippen molar-refractivity contribution in [2.75, 3.05) is 0 Å². The number of hydrogen-bond acceptors (Lipinski definition) is 1. The molecule has 2 N–H and O–H groups in total. The van der Waals surface area contributed by atoms with Crippen molar-refractivity contribution in [3.05, 3.63) is 32.4 Å². The van der Waals surface area contributed by atoms with Crippen LogP contribution in [0.3, 0.4) is 0 Å². The maximum absolute atomic E-state index is 10.7. The molecule has 1 amide bonds. The van der Waals surface area contributed by atoms with Gasteiger partial charge in [0.1, 0.15) is 0 Å². The van der Waals surface area contributed by atoms with Crippen LogP contribution in [0.25, 0.3) is 0 Å². The molecule has 12 heavy (non-hydrogen) atoms. The average molecular weight is 318 g/mol. The Morgan fingerprint density at radius 1 is 1.50 bits per heavy atom. The van der Waals surface area contributed by atoms with E-state index in [1.807, 2.05) is 6.07 Å². The Kier molecular flexibility index (Phi) is 4.89. The van der Waals surface area contributed by atoms with Gasteiger partial charge in [-0.2, -0.15) is 0 Å². The van der Waals surface area contributed by atoms with Crippen molar-refractivity contribution >= 4 is 52.5 Å². The molecule has 0 radical (unpaired) electrons. The van der Waals surface area contributed by atoms with Crippen molar-refractivity contribution in [3.8, 4) is 0 Å². The van der Waals surface area contributed by atoms with E-state index in [2.05, 4.69) is 22.6 Å². The predicted octanol–water partition coefficient (Wildman–Crippen LogP) is 2.47. The fourth-order valence-electron chi connectivity index (χ4n) is 0.686. The first kappa shape index (κ1) is 12.0. The van der Waals surface area contributed by atoms with Crippen LogP contribution in [-0.4, -0.2) is 5.91 Å². The van der Waals surface area contributed by atoms with Crippen LogP contribution < -0.4 is 5.73 Å². The molecule has 0 saturated carbocycles. The number of amides is 1. The van der Waals surface area contributed by atoms with Gasteiger partial charge < -0.3 is 5.73 Å². The number of carbonyl (C=O) groups excluding carboxylic acids is 1. The molecule has 0 aliphatic rings. The molecule has 0 aliphatic carbocycles. The molecule has 0 atom stereocenters. The van der Waals surface area contributed by atoms with Gasteiger partial charge in [0.05, 0.1) is 10.6 Å². The summed E-state index contributed by atoms with van der Waals surface area (Å²) in [6, 6.07) is 5.13. The van der Waals surface area contributed by atoms with Gasteiger partial charge in [-0.25, -0.2) is 0 Å². The van der Waals surface area contributed by atoms with Gasteiger partial charge in [0, 0.05) is 3.57 Å². The van der Waals surface area contributed by atoms with Crippen molar-refractivity contribution in [2.24, 2.45) is 5.73 Å². The minimum Gasteiger partial charge on any atom is -0.366 e. The summed E-state index contributed by atoms with van der Waals surface area (Å²) in [7, 11) is 0. The van der Waals surface area contributed by atoms with E-state index in [0.717, 1.165) is 3.57 Å². The first-order valence-corrected chi connectivity index (χ1v) is 4.32. The zero-order valence-corrected chi connectivity index (χ0v) is 9.61. The Morgan fingerprint density at radius 3 is 2.50 bits per heavy atom. The molecule has 0 spiro atoms. The average Bonchev–Trinajstić information content (AvgIpc) is 1.94. The van der Waals surface area contributed by atoms with E-state index in [1.165, 1.54) is 0 Å². The lowest BCUT2D eigenvalue weighted by Gasteiger charge is -1.98.